The average Bonchev–Trinajstić information content (AvgIpc) is 2.54. The molecule has 1 heterocycles. The van der Waals surface area contributed by atoms with Crippen LogP contribution in [-0.2, 0) is 0 Å². The van der Waals surface area contributed by atoms with Gasteiger partial charge in [0.15, 0.2) is 0 Å². The van der Waals surface area contributed by atoms with E-state index in [4.69, 9.17) is 5.73 Å². The van der Waals surface area contributed by atoms with E-state index in [1.165, 1.54) is 27.9 Å². The molecule has 1 atom stereocenters. The monoisotopic (exact) mass is 319 g/mol. The fraction of sp³-hybridized carbons (Fsp3) is 0.238. The summed E-state index contributed by atoms with van der Waals surface area (Å²) < 4.78 is 0. The van der Waals surface area contributed by atoms with Crippen LogP contribution >= 0.6 is 0 Å². The van der Waals surface area contributed by atoms with Gasteiger partial charge in [0.2, 0.25) is 0 Å². The van der Waals surface area contributed by atoms with Crippen LogP contribution in [0.15, 0.2) is 60.4 Å². The third kappa shape index (κ3) is 2.95. The summed E-state index contributed by atoms with van der Waals surface area (Å²) in [6.07, 6.45) is 5.91. The number of benzene rings is 2. The molecule has 3 nitrogen and oxygen atoms in total. The van der Waals surface area contributed by atoms with Crippen LogP contribution in [0, 0.1) is 27.7 Å². The molecule has 0 radical (unpaired) electrons. The van der Waals surface area contributed by atoms with Crippen molar-refractivity contribution in [3.05, 3.63) is 82.7 Å². The molecule has 0 aliphatic carbocycles. The standard InChI is InChI=1S/C21H25N3/c1-14-8-5-9-15(2)19(14)23-18-12-7-13-24(21(18)22)20-16(3)10-6-11-17(20)4/h5-13,21,23H,22H2,1-4H3. The van der Waals surface area contributed by atoms with Gasteiger partial charge in [0.05, 0.1) is 5.70 Å². The zero-order chi connectivity index (χ0) is 17.3. The molecule has 1 aliphatic heterocycles. The Hall–Kier alpha value is -2.52. The number of nitrogens with two attached hydrogens (primary N) is 1. The minimum absolute atomic E-state index is 0.242. The summed E-state index contributed by atoms with van der Waals surface area (Å²) in [7, 11) is 0. The first kappa shape index (κ1) is 16.3. The Kier molecular flexibility index (Phi) is 4.45. The molecule has 3 heteroatoms. The topological polar surface area (TPSA) is 41.3 Å². The summed E-state index contributed by atoms with van der Waals surface area (Å²) in [4.78, 5) is 2.14. The number of nitrogens with one attached hydrogen (secondary N) is 1. The minimum atomic E-state index is -0.242. The quantitative estimate of drug-likeness (QED) is 0.873. The lowest BCUT2D eigenvalue weighted by molar-refractivity contribution is 0.761. The van der Waals surface area contributed by atoms with Crippen molar-refractivity contribution in [1.82, 2.24) is 0 Å². The highest BCUT2D eigenvalue weighted by molar-refractivity contribution is 5.66. The van der Waals surface area contributed by atoms with Crippen molar-refractivity contribution in [3.63, 3.8) is 0 Å². The highest BCUT2D eigenvalue weighted by atomic mass is 15.2. The Balaban J connectivity index is 1.93. The van der Waals surface area contributed by atoms with Gasteiger partial charge in [-0.05, 0) is 62.1 Å². The van der Waals surface area contributed by atoms with Crippen LogP contribution < -0.4 is 16.0 Å². The Morgan fingerprint density at radius 3 is 2.00 bits per heavy atom. The molecule has 0 saturated heterocycles. The van der Waals surface area contributed by atoms with Crippen LogP contribution in [0.5, 0.6) is 0 Å². The van der Waals surface area contributed by atoms with Crippen LogP contribution in [0.3, 0.4) is 0 Å². The molecule has 0 aromatic heterocycles. The molecule has 1 unspecified atom stereocenters. The number of rotatable bonds is 3. The van der Waals surface area contributed by atoms with Crippen molar-refractivity contribution in [3.8, 4) is 0 Å². The molecule has 0 spiro atoms. The third-order valence-corrected chi connectivity index (χ3v) is 4.59. The van der Waals surface area contributed by atoms with Gasteiger partial charge in [-0.25, -0.2) is 0 Å². The van der Waals surface area contributed by atoms with Crippen molar-refractivity contribution in [1.29, 1.82) is 0 Å². The Labute approximate surface area is 144 Å². The first-order chi connectivity index (χ1) is 11.5. The maximum absolute atomic E-state index is 6.58. The molecule has 24 heavy (non-hydrogen) atoms. The summed E-state index contributed by atoms with van der Waals surface area (Å²) in [6, 6.07) is 12.6. The van der Waals surface area contributed by atoms with E-state index >= 15 is 0 Å². The maximum Gasteiger partial charge on any atom is 0.122 e. The van der Waals surface area contributed by atoms with Crippen molar-refractivity contribution in [2.45, 2.75) is 33.9 Å². The van der Waals surface area contributed by atoms with Crippen molar-refractivity contribution in [2.24, 2.45) is 5.73 Å². The van der Waals surface area contributed by atoms with Crippen LogP contribution in [0.25, 0.3) is 0 Å². The van der Waals surface area contributed by atoms with E-state index in [1.54, 1.807) is 0 Å². The van der Waals surface area contributed by atoms with Gasteiger partial charge < -0.3 is 16.0 Å². The highest BCUT2D eigenvalue weighted by Gasteiger charge is 2.22. The normalized spacial score (nSPS) is 17.0. The summed E-state index contributed by atoms with van der Waals surface area (Å²) in [6.45, 7) is 8.48. The molecule has 0 saturated carbocycles. The van der Waals surface area contributed by atoms with Gasteiger partial charge in [-0.1, -0.05) is 36.4 Å². The Bertz CT molecular complexity index is 777. The predicted octanol–water partition coefficient (Wildman–Crippen LogP) is 4.53. The number of anilines is 2. The van der Waals surface area contributed by atoms with E-state index in [0.717, 1.165) is 11.4 Å². The zero-order valence-electron chi connectivity index (χ0n) is 14.8. The first-order valence-corrected chi connectivity index (χ1v) is 8.31. The molecular weight excluding hydrogens is 294 g/mol. The largest absolute Gasteiger partial charge is 0.356 e. The second-order valence-corrected chi connectivity index (χ2v) is 6.45. The van der Waals surface area contributed by atoms with E-state index in [0.29, 0.717) is 0 Å². The number of para-hydroxylation sites is 2. The third-order valence-electron chi connectivity index (χ3n) is 4.59. The molecule has 1 aliphatic rings. The lowest BCUT2D eigenvalue weighted by Crippen LogP contribution is -2.44. The molecule has 0 bridgehead atoms. The fourth-order valence-corrected chi connectivity index (χ4v) is 3.28. The van der Waals surface area contributed by atoms with E-state index in [9.17, 15) is 0 Å². The SMILES string of the molecule is Cc1cccc(C)c1NC1=CC=CN(c2c(C)cccc2C)C1N. The van der Waals surface area contributed by atoms with Gasteiger partial charge in [0.1, 0.15) is 6.17 Å². The van der Waals surface area contributed by atoms with E-state index in [1.807, 2.05) is 6.08 Å². The van der Waals surface area contributed by atoms with Crippen LogP contribution in [0.1, 0.15) is 22.3 Å². The Morgan fingerprint density at radius 2 is 1.42 bits per heavy atom. The lowest BCUT2D eigenvalue weighted by Gasteiger charge is -2.34. The van der Waals surface area contributed by atoms with Gasteiger partial charge in [-0.3, -0.25) is 0 Å². The van der Waals surface area contributed by atoms with Gasteiger partial charge in [0.25, 0.3) is 0 Å². The lowest BCUT2D eigenvalue weighted by atomic mass is 10.0. The molecule has 3 rings (SSSR count). The average molecular weight is 319 g/mol. The van der Waals surface area contributed by atoms with Crippen molar-refractivity contribution < 1.29 is 0 Å². The molecule has 0 amide bonds. The number of aryl methyl sites for hydroxylation is 4. The van der Waals surface area contributed by atoms with Gasteiger partial charge in [0, 0.05) is 17.6 Å². The summed E-state index contributed by atoms with van der Waals surface area (Å²) in [5.41, 5.74) is 14.8. The summed E-state index contributed by atoms with van der Waals surface area (Å²) >= 11 is 0. The minimum Gasteiger partial charge on any atom is -0.356 e. The fourth-order valence-electron chi connectivity index (χ4n) is 3.28. The summed E-state index contributed by atoms with van der Waals surface area (Å²) in [5, 5.41) is 3.55. The van der Waals surface area contributed by atoms with E-state index in [2.05, 4.69) is 86.6 Å². The molecule has 2 aromatic rings. The number of hydrogen-bond donors (Lipinski definition) is 2. The van der Waals surface area contributed by atoms with Crippen LogP contribution in [0.2, 0.25) is 0 Å². The van der Waals surface area contributed by atoms with Gasteiger partial charge in [-0.15, -0.1) is 0 Å². The highest BCUT2D eigenvalue weighted by Crippen LogP contribution is 2.30. The number of allylic oxidation sites excluding steroid dienone is 2. The van der Waals surface area contributed by atoms with E-state index in [-0.39, 0.29) is 6.17 Å². The van der Waals surface area contributed by atoms with Crippen molar-refractivity contribution in [2.75, 3.05) is 10.2 Å². The number of nitrogens with zero attached hydrogens (tertiary/aromatic N) is 1. The van der Waals surface area contributed by atoms with Gasteiger partial charge >= 0.3 is 0 Å². The number of hydrogen-bond acceptors (Lipinski definition) is 3. The second kappa shape index (κ2) is 6.54. The predicted molar refractivity (Wildman–Crippen MR) is 103 cm³/mol. The van der Waals surface area contributed by atoms with Crippen LogP contribution in [0.4, 0.5) is 11.4 Å². The smallest absolute Gasteiger partial charge is 0.122 e. The van der Waals surface area contributed by atoms with Crippen molar-refractivity contribution >= 4 is 11.4 Å². The molecule has 124 valence electrons. The first-order valence-electron chi connectivity index (χ1n) is 8.31. The second-order valence-electron chi connectivity index (χ2n) is 6.45. The molecular formula is C21H25N3. The van der Waals surface area contributed by atoms with Crippen LogP contribution in [-0.4, -0.2) is 6.17 Å². The summed E-state index contributed by atoms with van der Waals surface area (Å²) in [5.74, 6) is 0. The zero-order valence-corrected chi connectivity index (χ0v) is 14.8. The molecule has 0 fully saturated rings. The maximum atomic E-state index is 6.58. The Morgan fingerprint density at radius 1 is 0.875 bits per heavy atom. The van der Waals surface area contributed by atoms with Gasteiger partial charge in [-0.2, -0.15) is 0 Å². The molecule has 2 aromatic carbocycles. The van der Waals surface area contributed by atoms with E-state index < -0.39 is 0 Å². The molecule has 3 N–H and O–H groups in total.